The number of hydrogen-bond donors (Lipinski definition) is 1. The highest BCUT2D eigenvalue weighted by Crippen LogP contribution is 2.34. The van der Waals surface area contributed by atoms with Gasteiger partial charge in [-0.15, -0.1) is 0 Å². The molecule has 0 aliphatic rings. The summed E-state index contributed by atoms with van der Waals surface area (Å²) in [4.78, 5) is 0. The molecule has 0 saturated heterocycles. The zero-order valence-electron chi connectivity index (χ0n) is 11.8. The van der Waals surface area contributed by atoms with Crippen molar-refractivity contribution in [2.24, 2.45) is 0 Å². The summed E-state index contributed by atoms with van der Waals surface area (Å²) in [7, 11) is 0. The van der Waals surface area contributed by atoms with Crippen molar-refractivity contribution in [2.75, 3.05) is 6.61 Å². The number of aromatic hydroxyl groups is 1. The summed E-state index contributed by atoms with van der Waals surface area (Å²) in [6.07, 6.45) is 1.73. The number of phenolic OH excluding ortho intramolecular Hbond substituents is 1. The average Bonchev–Trinajstić information content (AvgIpc) is 2.50. The Labute approximate surface area is 142 Å². The molecule has 1 N–H and O–H groups in total. The molecule has 0 saturated carbocycles. The molecule has 112 valence electrons. The maximum atomic E-state index is 9.83. The fraction of sp³-hybridized carbons (Fsp3) is 0.118. The SMILES string of the molecule is CCOc1cc(/C=C(\C#N)c2ccc(Cl)cc2)c(Br)cc1O. The van der Waals surface area contributed by atoms with Gasteiger partial charge in [-0.2, -0.15) is 5.26 Å². The minimum absolute atomic E-state index is 0.0517. The van der Waals surface area contributed by atoms with Gasteiger partial charge in [-0.1, -0.05) is 39.7 Å². The first-order valence-corrected chi connectivity index (χ1v) is 7.75. The third-order valence-electron chi connectivity index (χ3n) is 2.95. The van der Waals surface area contributed by atoms with Gasteiger partial charge in [0.2, 0.25) is 0 Å². The van der Waals surface area contributed by atoms with E-state index < -0.39 is 0 Å². The Bertz CT molecular complexity index is 748. The Kier molecular flexibility index (Phi) is 5.48. The first kappa shape index (κ1) is 16.4. The van der Waals surface area contributed by atoms with Crippen molar-refractivity contribution in [1.29, 1.82) is 5.26 Å². The van der Waals surface area contributed by atoms with Crippen LogP contribution in [-0.2, 0) is 0 Å². The highest BCUT2D eigenvalue weighted by Gasteiger charge is 2.09. The molecule has 0 spiro atoms. The van der Waals surface area contributed by atoms with Crippen LogP contribution in [0, 0.1) is 11.3 Å². The molecule has 0 atom stereocenters. The molecule has 0 amide bonds. The molecule has 0 fully saturated rings. The van der Waals surface area contributed by atoms with Crippen molar-refractivity contribution >= 4 is 39.2 Å². The van der Waals surface area contributed by atoms with Gasteiger partial charge in [-0.3, -0.25) is 0 Å². The van der Waals surface area contributed by atoms with Gasteiger partial charge in [-0.05, 0) is 48.4 Å². The zero-order valence-corrected chi connectivity index (χ0v) is 14.1. The summed E-state index contributed by atoms with van der Waals surface area (Å²) in [5.74, 6) is 0.432. The maximum absolute atomic E-state index is 9.83. The van der Waals surface area contributed by atoms with Gasteiger partial charge >= 0.3 is 0 Å². The van der Waals surface area contributed by atoms with Crippen LogP contribution in [0.3, 0.4) is 0 Å². The van der Waals surface area contributed by atoms with Gasteiger partial charge in [0.25, 0.3) is 0 Å². The van der Waals surface area contributed by atoms with E-state index in [0.717, 1.165) is 11.1 Å². The molecule has 0 heterocycles. The molecular formula is C17H13BrClNO2. The summed E-state index contributed by atoms with van der Waals surface area (Å²) >= 11 is 9.25. The Morgan fingerprint density at radius 2 is 2.05 bits per heavy atom. The van der Waals surface area contributed by atoms with Crippen molar-refractivity contribution in [2.45, 2.75) is 6.92 Å². The van der Waals surface area contributed by atoms with Crippen LogP contribution in [0.1, 0.15) is 18.1 Å². The molecular weight excluding hydrogens is 366 g/mol. The van der Waals surface area contributed by atoms with Crippen LogP contribution in [-0.4, -0.2) is 11.7 Å². The number of allylic oxidation sites excluding steroid dienone is 1. The van der Waals surface area contributed by atoms with Crippen molar-refractivity contribution in [1.82, 2.24) is 0 Å². The second-order valence-corrected chi connectivity index (χ2v) is 5.74. The number of halogens is 2. The van der Waals surface area contributed by atoms with E-state index in [-0.39, 0.29) is 5.75 Å². The van der Waals surface area contributed by atoms with E-state index in [4.69, 9.17) is 16.3 Å². The van der Waals surface area contributed by atoms with E-state index in [1.54, 1.807) is 42.5 Å². The van der Waals surface area contributed by atoms with E-state index in [9.17, 15) is 10.4 Å². The summed E-state index contributed by atoms with van der Waals surface area (Å²) in [6, 6.07) is 12.5. The quantitative estimate of drug-likeness (QED) is 0.582. The number of phenols is 1. The number of hydrogen-bond acceptors (Lipinski definition) is 3. The molecule has 0 aromatic heterocycles. The van der Waals surface area contributed by atoms with E-state index >= 15 is 0 Å². The molecule has 0 bridgehead atoms. The van der Waals surface area contributed by atoms with Crippen LogP contribution in [0.5, 0.6) is 11.5 Å². The number of benzene rings is 2. The molecule has 2 aromatic rings. The van der Waals surface area contributed by atoms with Crippen LogP contribution in [0.2, 0.25) is 5.02 Å². The molecule has 22 heavy (non-hydrogen) atoms. The first-order chi connectivity index (χ1) is 10.5. The lowest BCUT2D eigenvalue weighted by atomic mass is 10.0. The highest BCUT2D eigenvalue weighted by atomic mass is 79.9. The number of ether oxygens (including phenoxy) is 1. The maximum Gasteiger partial charge on any atom is 0.161 e. The lowest BCUT2D eigenvalue weighted by Crippen LogP contribution is -1.93. The largest absolute Gasteiger partial charge is 0.504 e. The molecule has 0 aliphatic heterocycles. The van der Waals surface area contributed by atoms with Crippen LogP contribution in [0.15, 0.2) is 40.9 Å². The van der Waals surface area contributed by atoms with Crippen molar-refractivity contribution in [3.05, 3.63) is 57.0 Å². The van der Waals surface area contributed by atoms with Gasteiger partial charge in [0.1, 0.15) is 0 Å². The zero-order chi connectivity index (χ0) is 16.1. The molecule has 0 radical (unpaired) electrons. The third-order valence-corrected chi connectivity index (χ3v) is 3.89. The minimum atomic E-state index is 0.0517. The molecule has 0 aliphatic carbocycles. The number of nitriles is 1. The smallest absolute Gasteiger partial charge is 0.161 e. The lowest BCUT2D eigenvalue weighted by Gasteiger charge is -2.09. The van der Waals surface area contributed by atoms with Crippen molar-refractivity contribution < 1.29 is 9.84 Å². The van der Waals surface area contributed by atoms with Crippen LogP contribution >= 0.6 is 27.5 Å². The molecule has 3 nitrogen and oxygen atoms in total. The fourth-order valence-corrected chi connectivity index (χ4v) is 2.48. The summed E-state index contributed by atoms with van der Waals surface area (Å²) in [5.41, 5.74) is 2.00. The number of rotatable bonds is 4. The Hall–Kier alpha value is -1.96. The molecule has 5 heteroatoms. The van der Waals surface area contributed by atoms with E-state index in [1.807, 2.05) is 6.92 Å². The normalized spacial score (nSPS) is 11.1. The molecule has 2 rings (SSSR count). The topological polar surface area (TPSA) is 53.2 Å². The minimum Gasteiger partial charge on any atom is -0.504 e. The van der Waals surface area contributed by atoms with Gasteiger partial charge in [0.15, 0.2) is 11.5 Å². The molecule has 0 unspecified atom stereocenters. The van der Waals surface area contributed by atoms with Gasteiger partial charge in [-0.25, -0.2) is 0 Å². The summed E-state index contributed by atoms with van der Waals surface area (Å²) in [6.45, 7) is 2.28. The predicted molar refractivity (Wildman–Crippen MR) is 91.9 cm³/mol. The summed E-state index contributed by atoms with van der Waals surface area (Å²) < 4.78 is 6.04. The average molecular weight is 379 g/mol. The van der Waals surface area contributed by atoms with Gasteiger partial charge in [0, 0.05) is 9.50 Å². The van der Waals surface area contributed by atoms with Crippen LogP contribution < -0.4 is 4.74 Å². The molecule has 2 aromatic carbocycles. The van der Waals surface area contributed by atoms with E-state index in [0.29, 0.717) is 27.4 Å². The van der Waals surface area contributed by atoms with Crippen molar-refractivity contribution in [3.63, 3.8) is 0 Å². The van der Waals surface area contributed by atoms with Crippen LogP contribution in [0.25, 0.3) is 11.6 Å². The first-order valence-electron chi connectivity index (χ1n) is 6.58. The standard InChI is InChI=1S/C17H13BrClNO2/c1-2-22-17-8-12(15(18)9-16(17)21)7-13(10-20)11-3-5-14(19)6-4-11/h3-9,21H,2H2,1H3/b13-7+. The number of nitrogens with zero attached hydrogens (tertiary/aromatic N) is 1. The third kappa shape index (κ3) is 3.82. The predicted octanol–water partition coefficient (Wildman–Crippen LogP) is 5.27. The highest BCUT2D eigenvalue weighted by molar-refractivity contribution is 9.10. The monoisotopic (exact) mass is 377 g/mol. The fourth-order valence-electron chi connectivity index (χ4n) is 1.91. The van der Waals surface area contributed by atoms with Crippen molar-refractivity contribution in [3.8, 4) is 17.6 Å². The Morgan fingerprint density at radius 3 is 2.64 bits per heavy atom. The second kappa shape index (κ2) is 7.35. The Morgan fingerprint density at radius 1 is 1.36 bits per heavy atom. The van der Waals surface area contributed by atoms with E-state index in [1.165, 1.54) is 0 Å². The second-order valence-electron chi connectivity index (χ2n) is 4.45. The van der Waals surface area contributed by atoms with Gasteiger partial charge in [0.05, 0.1) is 18.2 Å². The van der Waals surface area contributed by atoms with Crippen LogP contribution in [0.4, 0.5) is 0 Å². The van der Waals surface area contributed by atoms with Gasteiger partial charge < -0.3 is 9.84 Å². The Balaban J connectivity index is 2.47. The lowest BCUT2D eigenvalue weighted by molar-refractivity contribution is 0.318. The van der Waals surface area contributed by atoms with E-state index in [2.05, 4.69) is 22.0 Å². The summed E-state index contributed by atoms with van der Waals surface area (Å²) in [5, 5.41) is 19.8.